The third-order valence-corrected chi connectivity index (χ3v) is 2.16. The summed E-state index contributed by atoms with van der Waals surface area (Å²) in [5.74, 6) is 0. The zero-order valence-electron chi connectivity index (χ0n) is 8.76. The maximum absolute atomic E-state index is 13.0. The first-order chi connectivity index (χ1) is 5.38. The van der Waals surface area contributed by atoms with Gasteiger partial charge in [-0.3, -0.25) is 0 Å². The van der Waals surface area contributed by atoms with Crippen molar-refractivity contribution in [1.82, 2.24) is 0 Å². The highest BCUT2D eigenvalue weighted by Crippen LogP contribution is 2.23. The van der Waals surface area contributed by atoms with E-state index in [1.807, 2.05) is 0 Å². The molecule has 0 aromatic carbocycles. The summed E-state index contributed by atoms with van der Waals surface area (Å²) in [7, 11) is 6.29. The number of halogens is 2. The second kappa shape index (κ2) is 4.89. The number of ether oxygens (including phenoxy) is 1. The fourth-order valence-corrected chi connectivity index (χ4v) is 1.62. The Morgan fingerprint density at radius 2 is 1.92 bits per heavy atom. The highest BCUT2D eigenvalue weighted by Gasteiger charge is 2.34. The quantitative estimate of drug-likeness (QED) is 0.433. The van der Waals surface area contributed by atoms with Gasteiger partial charge in [-0.15, -0.1) is 0 Å². The summed E-state index contributed by atoms with van der Waals surface area (Å²) in [5, 5.41) is 0. The smallest absolute Gasteiger partial charge is 0.129 e. The molecule has 3 atom stereocenters. The molecular formula is C9H19FINO. The van der Waals surface area contributed by atoms with Crippen molar-refractivity contribution in [1.29, 1.82) is 0 Å². The molecule has 0 unspecified atom stereocenters. The third-order valence-electron chi connectivity index (χ3n) is 2.16. The van der Waals surface area contributed by atoms with E-state index in [1.165, 1.54) is 0 Å². The van der Waals surface area contributed by atoms with Crippen LogP contribution in [-0.2, 0) is 4.74 Å². The molecule has 0 radical (unpaired) electrons. The van der Waals surface area contributed by atoms with Gasteiger partial charge in [0.05, 0.1) is 27.2 Å². The van der Waals surface area contributed by atoms with Gasteiger partial charge in [0.25, 0.3) is 0 Å². The third kappa shape index (κ3) is 4.56. The zero-order chi connectivity index (χ0) is 9.35. The van der Waals surface area contributed by atoms with Gasteiger partial charge in [0, 0.05) is 6.42 Å². The monoisotopic (exact) mass is 303 g/mol. The predicted octanol–water partition coefficient (Wildman–Crippen LogP) is -1.79. The van der Waals surface area contributed by atoms with Gasteiger partial charge in [-0.05, 0) is 6.92 Å². The van der Waals surface area contributed by atoms with Crippen molar-refractivity contribution in [3.8, 4) is 0 Å². The van der Waals surface area contributed by atoms with Gasteiger partial charge in [-0.25, -0.2) is 4.39 Å². The fourth-order valence-electron chi connectivity index (χ4n) is 1.62. The van der Waals surface area contributed by atoms with Crippen LogP contribution in [0, 0.1) is 0 Å². The molecule has 0 spiro atoms. The van der Waals surface area contributed by atoms with Crippen molar-refractivity contribution < 1.29 is 37.6 Å². The first kappa shape index (κ1) is 13.6. The van der Waals surface area contributed by atoms with E-state index in [0.717, 1.165) is 11.0 Å². The van der Waals surface area contributed by atoms with Crippen molar-refractivity contribution >= 4 is 0 Å². The molecule has 0 aromatic heterocycles. The summed E-state index contributed by atoms with van der Waals surface area (Å²) in [5.41, 5.74) is 0. The topological polar surface area (TPSA) is 9.23 Å². The van der Waals surface area contributed by atoms with Crippen LogP contribution in [0.2, 0.25) is 0 Å². The van der Waals surface area contributed by atoms with E-state index in [9.17, 15) is 4.39 Å². The van der Waals surface area contributed by atoms with Crippen LogP contribution in [0.25, 0.3) is 0 Å². The Hall–Kier alpha value is 0.580. The van der Waals surface area contributed by atoms with E-state index < -0.39 is 6.17 Å². The Balaban J connectivity index is 0.00000144. The van der Waals surface area contributed by atoms with Gasteiger partial charge >= 0.3 is 0 Å². The number of nitrogens with zero attached hydrogens (tertiary/aromatic N) is 1. The molecule has 1 aliphatic rings. The summed E-state index contributed by atoms with van der Waals surface area (Å²) < 4.78 is 19.3. The number of alkyl halides is 1. The van der Waals surface area contributed by atoms with E-state index in [2.05, 4.69) is 21.1 Å². The maximum atomic E-state index is 13.0. The first-order valence-corrected chi connectivity index (χ1v) is 4.48. The Morgan fingerprint density at radius 1 is 1.38 bits per heavy atom. The second-order valence-electron chi connectivity index (χ2n) is 4.69. The summed E-state index contributed by atoms with van der Waals surface area (Å²) in [4.78, 5) is 0. The van der Waals surface area contributed by atoms with Crippen LogP contribution in [0.3, 0.4) is 0 Å². The highest BCUT2D eigenvalue weighted by atomic mass is 127. The minimum Gasteiger partial charge on any atom is -1.00 e. The van der Waals surface area contributed by atoms with Crippen molar-refractivity contribution in [2.24, 2.45) is 0 Å². The number of hydrogen-bond donors (Lipinski definition) is 0. The largest absolute Gasteiger partial charge is 1.00 e. The average molecular weight is 303 g/mol. The van der Waals surface area contributed by atoms with Gasteiger partial charge in [0.2, 0.25) is 0 Å². The molecule has 0 aromatic rings. The van der Waals surface area contributed by atoms with E-state index in [1.54, 1.807) is 6.92 Å². The van der Waals surface area contributed by atoms with Crippen LogP contribution in [0.4, 0.5) is 4.39 Å². The molecule has 1 rings (SSSR count). The minimum atomic E-state index is -0.762. The van der Waals surface area contributed by atoms with E-state index in [4.69, 9.17) is 4.74 Å². The molecular weight excluding hydrogens is 284 g/mol. The Labute approximate surface area is 97.0 Å². The van der Waals surface area contributed by atoms with E-state index in [-0.39, 0.29) is 36.2 Å². The average Bonchev–Trinajstić information content (AvgIpc) is 2.07. The van der Waals surface area contributed by atoms with Gasteiger partial charge in [-0.1, -0.05) is 0 Å². The SMILES string of the molecule is C[C@@H]1O[C@@H](C[N+](C)(C)C)C[C@@H]1F.[I-]. The molecule has 80 valence electrons. The molecule has 1 saturated heterocycles. The van der Waals surface area contributed by atoms with E-state index >= 15 is 0 Å². The second-order valence-corrected chi connectivity index (χ2v) is 4.69. The first-order valence-electron chi connectivity index (χ1n) is 4.48. The minimum absolute atomic E-state index is 0. The standard InChI is InChI=1S/C9H19FNO.HI/c1-7-9(10)5-8(12-7)6-11(2,3)4;/h7-9H,5-6H2,1-4H3;1H/q+1;/p-1/t7-,8+,9-;/m0./s1. The lowest BCUT2D eigenvalue weighted by Gasteiger charge is -2.26. The molecule has 1 fully saturated rings. The van der Waals surface area contributed by atoms with Gasteiger partial charge in [-0.2, -0.15) is 0 Å². The normalized spacial score (nSPS) is 34.4. The molecule has 0 aliphatic carbocycles. The van der Waals surface area contributed by atoms with Crippen molar-refractivity contribution in [3.05, 3.63) is 0 Å². The van der Waals surface area contributed by atoms with Gasteiger partial charge in [0.1, 0.15) is 18.8 Å². The molecule has 0 saturated carbocycles. The van der Waals surface area contributed by atoms with Crippen molar-refractivity contribution in [2.75, 3.05) is 27.7 Å². The number of hydrogen-bond acceptors (Lipinski definition) is 1. The molecule has 0 bridgehead atoms. The number of likely N-dealkylation sites (N-methyl/N-ethyl adjacent to an activating group) is 1. The molecule has 0 N–H and O–H groups in total. The lowest BCUT2D eigenvalue weighted by atomic mass is 10.1. The van der Waals surface area contributed by atoms with Crippen molar-refractivity contribution in [2.45, 2.75) is 31.7 Å². The van der Waals surface area contributed by atoms with Crippen LogP contribution < -0.4 is 24.0 Å². The highest BCUT2D eigenvalue weighted by molar-refractivity contribution is 4.78. The molecule has 4 heteroatoms. The van der Waals surface area contributed by atoms with Crippen molar-refractivity contribution in [3.63, 3.8) is 0 Å². The summed E-state index contributed by atoms with van der Waals surface area (Å²) >= 11 is 0. The summed E-state index contributed by atoms with van der Waals surface area (Å²) in [6.07, 6.45) is -0.297. The molecule has 13 heavy (non-hydrogen) atoms. The van der Waals surface area contributed by atoms with Crippen LogP contribution >= 0.6 is 0 Å². The Morgan fingerprint density at radius 3 is 2.23 bits per heavy atom. The zero-order valence-corrected chi connectivity index (χ0v) is 10.9. The van der Waals surface area contributed by atoms with Crippen LogP contribution in [-0.4, -0.2) is 50.6 Å². The number of rotatable bonds is 2. The lowest BCUT2D eigenvalue weighted by Crippen LogP contribution is -3.00. The molecule has 1 aliphatic heterocycles. The fraction of sp³-hybridized carbons (Fsp3) is 1.00. The Bertz CT molecular complexity index is 150. The summed E-state index contributed by atoms with van der Waals surface area (Å²) in [6.45, 7) is 2.70. The Kier molecular flexibility index (Phi) is 5.10. The molecule has 1 heterocycles. The van der Waals surface area contributed by atoms with Crippen LogP contribution in [0.1, 0.15) is 13.3 Å². The summed E-state index contributed by atoms with van der Waals surface area (Å²) in [6, 6.07) is 0. The van der Waals surface area contributed by atoms with Gasteiger partial charge in [0.15, 0.2) is 0 Å². The van der Waals surface area contributed by atoms with Crippen LogP contribution in [0.5, 0.6) is 0 Å². The predicted molar refractivity (Wildman–Crippen MR) is 46.7 cm³/mol. The molecule has 2 nitrogen and oxygen atoms in total. The maximum Gasteiger partial charge on any atom is 0.129 e. The van der Waals surface area contributed by atoms with Gasteiger partial charge < -0.3 is 33.2 Å². The van der Waals surface area contributed by atoms with Crippen LogP contribution in [0.15, 0.2) is 0 Å². The number of quaternary nitrogens is 1. The molecule has 0 amide bonds. The van der Waals surface area contributed by atoms with E-state index in [0.29, 0.717) is 6.42 Å². The lowest BCUT2D eigenvalue weighted by molar-refractivity contribution is -0.873.